The molecule has 0 aliphatic carbocycles. The summed E-state index contributed by atoms with van der Waals surface area (Å²) in [5.74, 6) is -0.0438. The predicted octanol–water partition coefficient (Wildman–Crippen LogP) is 1.64. The molecular formula is C11H11N3O. The van der Waals surface area contributed by atoms with E-state index in [0.717, 1.165) is 5.69 Å². The van der Waals surface area contributed by atoms with Gasteiger partial charge < -0.3 is 4.98 Å². The zero-order chi connectivity index (χ0) is 10.7. The van der Waals surface area contributed by atoms with Crippen molar-refractivity contribution in [2.75, 3.05) is 0 Å². The van der Waals surface area contributed by atoms with E-state index in [1.807, 2.05) is 18.3 Å². The number of aryl methyl sites for hydroxylation is 1. The van der Waals surface area contributed by atoms with Crippen molar-refractivity contribution in [1.29, 1.82) is 0 Å². The van der Waals surface area contributed by atoms with Crippen molar-refractivity contribution in [2.24, 2.45) is 7.05 Å². The number of allylic oxidation sites excluding steroid dienone is 1. The Hall–Kier alpha value is -2.10. The number of ketones is 1. The van der Waals surface area contributed by atoms with Crippen LogP contribution in [0.1, 0.15) is 16.1 Å². The standard InChI is InChI=1S/C11H11N3O/c1-14-8-9(7-13-14)11(15)5-4-10-3-2-6-12-10/h2-8,12H,1H3/b5-4+. The van der Waals surface area contributed by atoms with Crippen LogP contribution in [0.25, 0.3) is 6.08 Å². The van der Waals surface area contributed by atoms with Crippen LogP contribution < -0.4 is 0 Å². The molecule has 0 saturated carbocycles. The van der Waals surface area contributed by atoms with Gasteiger partial charge in [0.2, 0.25) is 0 Å². The number of carbonyl (C=O) groups excluding carboxylic acids is 1. The Labute approximate surface area is 87.2 Å². The molecule has 0 saturated heterocycles. The van der Waals surface area contributed by atoms with Gasteiger partial charge in [-0.1, -0.05) is 0 Å². The summed E-state index contributed by atoms with van der Waals surface area (Å²) in [6.45, 7) is 0. The summed E-state index contributed by atoms with van der Waals surface area (Å²) in [5.41, 5.74) is 1.51. The normalized spacial score (nSPS) is 11.0. The molecule has 0 atom stereocenters. The smallest absolute Gasteiger partial charge is 0.189 e. The molecule has 0 amide bonds. The molecule has 4 nitrogen and oxygen atoms in total. The van der Waals surface area contributed by atoms with Gasteiger partial charge in [-0.15, -0.1) is 0 Å². The van der Waals surface area contributed by atoms with E-state index in [-0.39, 0.29) is 5.78 Å². The summed E-state index contributed by atoms with van der Waals surface area (Å²) < 4.78 is 1.61. The molecule has 2 heterocycles. The van der Waals surface area contributed by atoms with Crippen molar-refractivity contribution < 1.29 is 4.79 Å². The first kappa shape index (κ1) is 9.45. The average molecular weight is 201 g/mol. The minimum atomic E-state index is -0.0438. The summed E-state index contributed by atoms with van der Waals surface area (Å²) in [6.07, 6.45) is 8.34. The van der Waals surface area contributed by atoms with Gasteiger partial charge in [0.15, 0.2) is 5.78 Å². The summed E-state index contributed by atoms with van der Waals surface area (Å²) in [5, 5.41) is 3.94. The molecule has 0 spiro atoms. The average Bonchev–Trinajstić information content (AvgIpc) is 2.84. The van der Waals surface area contributed by atoms with Crippen molar-refractivity contribution in [3.05, 3.63) is 48.1 Å². The number of nitrogens with zero attached hydrogens (tertiary/aromatic N) is 2. The lowest BCUT2D eigenvalue weighted by Crippen LogP contribution is -1.91. The van der Waals surface area contributed by atoms with E-state index >= 15 is 0 Å². The Morgan fingerprint density at radius 2 is 2.47 bits per heavy atom. The molecule has 0 bridgehead atoms. The Morgan fingerprint density at radius 1 is 1.60 bits per heavy atom. The fourth-order valence-corrected chi connectivity index (χ4v) is 1.26. The van der Waals surface area contributed by atoms with Crippen molar-refractivity contribution in [3.63, 3.8) is 0 Å². The summed E-state index contributed by atoms with van der Waals surface area (Å²) >= 11 is 0. The third kappa shape index (κ3) is 2.22. The zero-order valence-electron chi connectivity index (χ0n) is 8.34. The first-order valence-corrected chi connectivity index (χ1v) is 4.60. The van der Waals surface area contributed by atoms with E-state index < -0.39 is 0 Å². The highest BCUT2D eigenvalue weighted by molar-refractivity contribution is 6.06. The topological polar surface area (TPSA) is 50.7 Å². The lowest BCUT2D eigenvalue weighted by molar-refractivity contribution is 0.104. The molecule has 1 N–H and O–H groups in total. The molecule has 2 rings (SSSR count). The van der Waals surface area contributed by atoms with E-state index in [0.29, 0.717) is 5.56 Å². The highest BCUT2D eigenvalue weighted by atomic mass is 16.1. The van der Waals surface area contributed by atoms with Gasteiger partial charge in [-0.25, -0.2) is 0 Å². The molecule has 0 unspecified atom stereocenters. The minimum Gasteiger partial charge on any atom is -0.362 e. The van der Waals surface area contributed by atoms with Crippen molar-refractivity contribution in [3.8, 4) is 0 Å². The van der Waals surface area contributed by atoms with Crippen LogP contribution in [0.3, 0.4) is 0 Å². The van der Waals surface area contributed by atoms with Crippen molar-refractivity contribution >= 4 is 11.9 Å². The van der Waals surface area contributed by atoms with Crippen LogP contribution in [0.15, 0.2) is 36.8 Å². The number of H-pyrrole nitrogens is 1. The van der Waals surface area contributed by atoms with Crippen LogP contribution >= 0.6 is 0 Å². The molecule has 76 valence electrons. The highest BCUT2D eigenvalue weighted by Crippen LogP contribution is 2.02. The van der Waals surface area contributed by atoms with Crippen LogP contribution in [-0.2, 0) is 7.05 Å². The maximum absolute atomic E-state index is 11.6. The van der Waals surface area contributed by atoms with Gasteiger partial charge in [0.1, 0.15) is 0 Å². The third-order valence-corrected chi connectivity index (χ3v) is 2.03. The number of hydrogen-bond donors (Lipinski definition) is 1. The lowest BCUT2D eigenvalue weighted by Gasteiger charge is -1.87. The van der Waals surface area contributed by atoms with Crippen LogP contribution in [0.4, 0.5) is 0 Å². The second-order valence-electron chi connectivity index (χ2n) is 3.23. The first-order valence-electron chi connectivity index (χ1n) is 4.60. The lowest BCUT2D eigenvalue weighted by atomic mass is 10.2. The van der Waals surface area contributed by atoms with E-state index in [1.54, 1.807) is 30.2 Å². The third-order valence-electron chi connectivity index (χ3n) is 2.03. The van der Waals surface area contributed by atoms with Crippen LogP contribution in [0.2, 0.25) is 0 Å². The van der Waals surface area contributed by atoms with Gasteiger partial charge in [-0.05, 0) is 24.3 Å². The number of hydrogen-bond acceptors (Lipinski definition) is 2. The quantitative estimate of drug-likeness (QED) is 0.606. The van der Waals surface area contributed by atoms with Gasteiger partial charge in [-0.3, -0.25) is 9.48 Å². The fraction of sp³-hybridized carbons (Fsp3) is 0.0909. The van der Waals surface area contributed by atoms with E-state index in [4.69, 9.17) is 0 Å². The number of carbonyl (C=O) groups is 1. The number of aromatic nitrogens is 3. The van der Waals surface area contributed by atoms with E-state index in [9.17, 15) is 4.79 Å². The molecule has 15 heavy (non-hydrogen) atoms. The van der Waals surface area contributed by atoms with Crippen LogP contribution in [0, 0.1) is 0 Å². The summed E-state index contributed by atoms with van der Waals surface area (Å²) in [6, 6.07) is 3.78. The minimum absolute atomic E-state index is 0.0438. The second kappa shape index (κ2) is 3.96. The summed E-state index contributed by atoms with van der Waals surface area (Å²) in [7, 11) is 1.78. The predicted molar refractivity (Wildman–Crippen MR) is 57.4 cm³/mol. The van der Waals surface area contributed by atoms with Crippen molar-refractivity contribution in [1.82, 2.24) is 14.8 Å². The number of nitrogens with one attached hydrogen (secondary N) is 1. The molecule has 0 fully saturated rings. The van der Waals surface area contributed by atoms with Gasteiger partial charge in [0.25, 0.3) is 0 Å². The maximum Gasteiger partial charge on any atom is 0.189 e. The first-order chi connectivity index (χ1) is 7.25. The molecule has 0 aliphatic rings. The highest BCUT2D eigenvalue weighted by Gasteiger charge is 2.03. The molecule has 2 aromatic heterocycles. The summed E-state index contributed by atoms with van der Waals surface area (Å²) in [4.78, 5) is 14.6. The van der Waals surface area contributed by atoms with Crippen LogP contribution in [0.5, 0.6) is 0 Å². The van der Waals surface area contributed by atoms with Gasteiger partial charge in [0.05, 0.1) is 11.8 Å². The largest absolute Gasteiger partial charge is 0.362 e. The maximum atomic E-state index is 11.6. The van der Waals surface area contributed by atoms with E-state index in [2.05, 4.69) is 10.1 Å². The molecule has 0 radical (unpaired) electrons. The number of rotatable bonds is 3. The van der Waals surface area contributed by atoms with Gasteiger partial charge in [0, 0.05) is 25.1 Å². The molecule has 0 aromatic carbocycles. The van der Waals surface area contributed by atoms with Gasteiger partial charge >= 0.3 is 0 Å². The Bertz CT molecular complexity index is 480. The second-order valence-corrected chi connectivity index (χ2v) is 3.23. The molecule has 0 aliphatic heterocycles. The van der Waals surface area contributed by atoms with E-state index in [1.165, 1.54) is 6.08 Å². The fourth-order valence-electron chi connectivity index (χ4n) is 1.26. The zero-order valence-corrected chi connectivity index (χ0v) is 8.34. The van der Waals surface area contributed by atoms with Crippen molar-refractivity contribution in [2.45, 2.75) is 0 Å². The molecule has 2 aromatic rings. The van der Waals surface area contributed by atoms with Gasteiger partial charge in [-0.2, -0.15) is 5.10 Å². The molecule has 4 heteroatoms. The Morgan fingerprint density at radius 3 is 3.07 bits per heavy atom. The SMILES string of the molecule is Cn1cc(C(=O)/C=C/c2ccc[nH]2)cn1. The number of aromatic amines is 1. The Kier molecular flexibility index (Phi) is 2.49. The monoisotopic (exact) mass is 201 g/mol. The molecular weight excluding hydrogens is 190 g/mol. The van der Waals surface area contributed by atoms with Crippen LogP contribution in [-0.4, -0.2) is 20.5 Å². The Balaban J connectivity index is 2.10.